The molecule has 8 nitrogen and oxygen atoms in total. The van der Waals surface area contributed by atoms with Gasteiger partial charge in [0.25, 0.3) is 11.3 Å². The van der Waals surface area contributed by atoms with E-state index in [-0.39, 0.29) is 18.2 Å². The van der Waals surface area contributed by atoms with Crippen LogP contribution in [0.25, 0.3) is 0 Å². The summed E-state index contributed by atoms with van der Waals surface area (Å²) in [5, 5.41) is 9.06. The predicted octanol–water partition coefficient (Wildman–Crippen LogP) is 2.29. The fraction of sp³-hybridized carbons (Fsp3) is 0.579. The number of piperidine rings is 1. The van der Waals surface area contributed by atoms with Gasteiger partial charge in [-0.2, -0.15) is 0 Å². The van der Waals surface area contributed by atoms with E-state index in [1.54, 1.807) is 37.0 Å². The Hall–Kier alpha value is -2.13. The summed E-state index contributed by atoms with van der Waals surface area (Å²) in [4.78, 5) is 25.2. The molecule has 1 amide bonds. The largest absolute Gasteiger partial charge is 0.486 e. The van der Waals surface area contributed by atoms with E-state index in [2.05, 4.69) is 6.58 Å². The maximum atomic E-state index is 12.5. The molecule has 2 N–H and O–H groups in total. The summed E-state index contributed by atoms with van der Waals surface area (Å²) in [6.07, 6.45) is 5.98. The second kappa shape index (κ2) is 9.88. The summed E-state index contributed by atoms with van der Waals surface area (Å²) in [7, 11) is 0. The monoisotopic (exact) mass is 412 g/mol. The van der Waals surface area contributed by atoms with Crippen LogP contribution in [0.5, 0.6) is 0 Å². The zero-order valence-electron chi connectivity index (χ0n) is 16.2. The van der Waals surface area contributed by atoms with Crippen LogP contribution in [-0.4, -0.2) is 60.2 Å². The van der Waals surface area contributed by atoms with Crippen LogP contribution in [-0.2, 0) is 25.6 Å². The first-order chi connectivity index (χ1) is 13.3. The van der Waals surface area contributed by atoms with Crippen molar-refractivity contribution in [3.05, 3.63) is 36.3 Å². The molecule has 9 heteroatoms. The number of rotatable bonds is 6. The van der Waals surface area contributed by atoms with Crippen molar-refractivity contribution in [2.75, 3.05) is 13.1 Å². The molecule has 28 heavy (non-hydrogen) atoms. The average Bonchev–Trinajstić information content (AvgIpc) is 2.67. The Morgan fingerprint density at radius 2 is 2.00 bits per heavy atom. The van der Waals surface area contributed by atoms with Gasteiger partial charge in [0.05, 0.1) is 17.7 Å². The van der Waals surface area contributed by atoms with Gasteiger partial charge < -0.3 is 14.7 Å². The van der Waals surface area contributed by atoms with Gasteiger partial charge in [-0.25, -0.2) is 4.21 Å². The van der Waals surface area contributed by atoms with E-state index >= 15 is 0 Å². The Morgan fingerprint density at radius 3 is 2.50 bits per heavy atom. The minimum Gasteiger partial charge on any atom is -0.486 e. The Morgan fingerprint density at radius 1 is 1.36 bits per heavy atom. The number of carboxylic acids is 1. The van der Waals surface area contributed by atoms with Crippen LogP contribution >= 0.6 is 0 Å². The van der Waals surface area contributed by atoms with E-state index in [1.807, 2.05) is 0 Å². The number of morpholine rings is 1. The van der Waals surface area contributed by atoms with Gasteiger partial charge in [-0.3, -0.25) is 18.4 Å². The summed E-state index contributed by atoms with van der Waals surface area (Å²) >= 11 is -2.23. The first-order valence-corrected chi connectivity index (χ1v) is 10.4. The predicted molar refractivity (Wildman–Crippen MR) is 105 cm³/mol. The van der Waals surface area contributed by atoms with E-state index in [4.69, 9.17) is 9.84 Å². The number of nitrogens with zero attached hydrogens (tertiary/aromatic N) is 2. The number of aliphatic carboxylic acids is 1. The van der Waals surface area contributed by atoms with Crippen LogP contribution in [0, 0.1) is 5.92 Å². The fourth-order valence-electron chi connectivity index (χ4n) is 3.63. The lowest BCUT2D eigenvalue weighted by Gasteiger charge is -2.41. The Balaban J connectivity index is 2.02. The third kappa shape index (κ3) is 5.02. The smallest absolute Gasteiger partial charge is 0.306 e. The molecule has 2 aliphatic heterocycles. The molecule has 0 saturated carbocycles. The summed E-state index contributed by atoms with van der Waals surface area (Å²) in [6, 6.07) is -0.399. The number of hydrogen-bond acceptors (Lipinski definition) is 4. The normalized spacial score (nSPS) is 27.5. The average molecular weight is 413 g/mol. The van der Waals surface area contributed by atoms with E-state index in [9.17, 15) is 18.4 Å². The molecule has 0 radical (unpaired) electrons. The van der Waals surface area contributed by atoms with E-state index in [1.165, 1.54) is 4.31 Å². The molecule has 0 aromatic heterocycles. The van der Waals surface area contributed by atoms with Crippen molar-refractivity contribution in [3.63, 3.8) is 0 Å². The van der Waals surface area contributed by atoms with Gasteiger partial charge in [-0.05, 0) is 39.2 Å². The van der Waals surface area contributed by atoms with Crippen molar-refractivity contribution in [1.82, 2.24) is 9.21 Å². The van der Waals surface area contributed by atoms with Gasteiger partial charge >= 0.3 is 5.97 Å². The third-order valence-corrected chi connectivity index (χ3v) is 6.09. The van der Waals surface area contributed by atoms with Crippen molar-refractivity contribution in [2.24, 2.45) is 5.92 Å². The van der Waals surface area contributed by atoms with E-state index < -0.39 is 29.4 Å². The summed E-state index contributed by atoms with van der Waals surface area (Å²) < 4.78 is 29.0. The number of likely N-dealkylation sites (tertiary alicyclic amines) is 1. The van der Waals surface area contributed by atoms with Gasteiger partial charge in [0.1, 0.15) is 11.9 Å². The van der Waals surface area contributed by atoms with Gasteiger partial charge in [-0.1, -0.05) is 18.7 Å². The molecule has 2 rings (SSSR count). The van der Waals surface area contributed by atoms with Gasteiger partial charge in [0.15, 0.2) is 0 Å². The van der Waals surface area contributed by atoms with Gasteiger partial charge in [-0.15, -0.1) is 0 Å². The summed E-state index contributed by atoms with van der Waals surface area (Å²) in [5.74, 6) is -0.806. The highest BCUT2D eigenvalue weighted by Crippen LogP contribution is 2.33. The van der Waals surface area contributed by atoms with Crippen molar-refractivity contribution in [3.8, 4) is 0 Å². The highest BCUT2D eigenvalue weighted by Gasteiger charge is 2.38. The minimum absolute atomic E-state index is 0.0533. The highest BCUT2D eigenvalue weighted by atomic mass is 32.2. The lowest BCUT2D eigenvalue weighted by atomic mass is 9.96. The Labute approximate surface area is 167 Å². The zero-order valence-corrected chi connectivity index (χ0v) is 17.1. The maximum Gasteiger partial charge on any atom is 0.306 e. The second-order valence-corrected chi connectivity index (χ2v) is 7.78. The molecule has 0 bridgehead atoms. The van der Waals surface area contributed by atoms with Crippen molar-refractivity contribution >= 4 is 23.1 Å². The Bertz CT molecular complexity index is 697. The molecule has 2 aliphatic rings. The number of hydrogen-bond donors (Lipinski definition) is 2. The van der Waals surface area contributed by atoms with Crippen LogP contribution in [0.3, 0.4) is 0 Å². The fourth-order valence-corrected chi connectivity index (χ4v) is 4.41. The molecule has 2 fully saturated rings. The minimum atomic E-state index is -2.23. The summed E-state index contributed by atoms with van der Waals surface area (Å²) in [5.41, 5.74) is 0.506. The molecule has 2 heterocycles. The SMILES string of the molecule is C=C/C=C1/OC(CCC(=O)N2CCC(C(=O)O)CC2)[C@@H](C)N(S(=O)O)/C1=C/C. The highest BCUT2D eigenvalue weighted by molar-refractivity contribution is 7.76. The van der Waals surface area contributed by atoms with Crippen LogP contribution in [0.2, 0.25) is 0 Å². The van der Waals surface area contributed by atoms with Crippen LogP contribution in [0.4, 0.5) is 0 Å². The van der Waals surface area contributed by atoms with Gasteiger partial charge in [0, 0.05) is 19.5 Å². The van der Waals surface area contributed by atoms with E-state index in [0.29, 0.717) is 43.8 Å². The number of ether oxygens (including phenoxy) is 1. The molecule has 2 saturated heterocycles. The first kappa shape index (κ1) is 22.2. The molecule has 156 valence electrons. The van der Waals surface area contributed by atoms with Crippen molar-refractivity contribution < 1.29 is 28.2 Å². The lowest BCUT2D eigenvalue weighted by Crippen LogP contribution is -2.48. The van der Waals surface area contributed by atoms with Crippen molar-refractivity contribution in [2.45, 2.75) is 51.7 Å². The number of carboxylic acid groups (broad SMARTS) is 1. The molecule has 0 aromatic carbocycles. The van der Waals surface area contributed by atoms with Crippen LogP contribution < -0.4 is 0 Å². The molecule has 2 unspecified atom stereocenters. The van der Waals surface area contributed by atoms with Crippen LogP contribution in [0.1, 0.15) is 39.5 Å². The summed E-state index contributed by atoms with van der Waals surface area (Å²) in [6.45, 7) is 8.07. The number of carbonyl (C=O) groups is 2. The van der Waals surface area contributed by atoms with Crippen LogP contribution in [0.15, 0.2) is 36.3 Å². The van der Waals surface area contributed by atoms with E-state index in [0.717, 1.165) is 0 Å². The quantitative estimate of drug-likeness (QED) is 0.648. The molecular weight excluding hydrogens is 384 g/mol. The molecule has 0 aliphatic carbocycles. The second-order valence-electron chi connectivity index (χ2n) is 6.93. The zero-order chi connectivity index (χ0) is 20.8. The third-order valence-electron chi connectivity index (χ3n) is 5.23. The molecule has 3 atom stereocenters. The van der Waals surface area contributed by atoms with Crippen molar-refractivity contribution in [1.29, 1.82) is 0 Å². The maximum absolute atomic E-state index is 12.5. The molecule has 0 aromatic rings. The number of amides is 1. The van der Waals surface area contributed by atoms with Gasteiger partial charge in [0.2, 0.25) is 5.91 Å². The molecular formula is C19H28N2O6S. The first-order valence-electron chi connectivity index (χ1n) is 9.37. The number of carbonyl (C=O) groups excluding carboxylic acids is 1. The standard InChI is InChI=1S/C19H28N2O6S/c1-4-6-17-15(5-2)21(28(25)26)13(3)16(27-17)7-8-18(22)20-11-9-14(10-12-20)19(23)24/h4-6,13-14,16H,1,7-12H2,2-3H3,(H,23,24)(H,25,26)/b15-5+,17-6+/t13-,16?/m1/s1. The molecule has 0 spiro atoms. The number of allylic oxidation sites excluding steroid dienone is 3. The lowest BCUT2D eigenvalue weighted by molar-refractivity contribution is -0.145. The topological polar surface area (TPSA) is 107 Å². The Kier molecular flexibility index (Phi) is 7.82.